The molecule has 2 heterocycles. The van der Waals surface area contributed by atoms with Crippen LogP contribution < -0.4 is 21.6 Å². The summed E-state index contributed by atoms with van der Waals surface area (Å²) in [6.07, 6.45) is 2.99. The fraction of sp³-hybridized carbons (Fsp3) is 0.471. The highest BCUT2D eigenvalue weighted by Crippen LogP contribution is 2.18. The van der Waals surface area contributed by atoms with Gasteiger partial charge >= 0.3 is 0 Å². The molecule has 0 bridgehead atoms. The van der Waals surface area contributed by atoms with E-state index in [4.69, 9.17) is 4.84 Å². The number of nitrogens with one attached hydrogen (secondary N) is 3. The van der Waals surface area contributed by atoms with E-state index >= 15 is 0 Å². The maximum Gasteiger partial charge on any atom is 0.267 e. The largest absolute Gasteiger partial charge is 0.334 e. The summed E-state index contributed by atoms with van der Waals surface area (Å²) in [4.78, 5) is 18.0. The summed E-state index contributed by atoms with van der Waals surface area (Å²) < 4.78 is 0. The van der Waals surface area contributed by atoms with Crippen LogP contribution >= 0.6 is 11.3 Å². The highest BCUT2D eigenvalue weighted by molar-refractivity contribution is 7.11. The second-order valence-electron chi connectivity index (χ2n) is 7.32. The Bertz CT molecular complexity index is 621. The first-order valence-corrected chi connectivity index (χ1v) is 8.79. The lowest BCUT2D eigenvalue weighted by molar-refractivity contribution is -0.771. The van der Waals surface area contributed by atoms with Gasteiger partial charge in [-0.25, -0.2) is 0 Å². The highest BCUT2D eigenvalue weighted by atomic mass is 32.1. The van der Waals surface area contributed by atoms with Gasteiger partial charge in [0.1, 0.15) is 5.54 Å². The van der Waals surface area contributed by atoms with Gasteiger partial charge in [-0.15, -0.1) is 11.3 Å². The third-order valence-electron chi connectivity index (χ3n) is 3.53. The Morgan fingerprint density at radius 2 is 2.17 bits per heavy atom. The van der Waals surface area contributed by atoms with Crippen LogP contribution in [0.4, 0.5) is 0 Å². The Labute approximate surface area is 147 Å². The minimum absolute atomic E-state index is 0.00862. The Morgan fingerprint density at radius 1 is 1.42 bits per heavy atom. The van der Waals surface area contributed by atoms with E-state index in [1.165, 1.54) is 0 Å². The zero-order valence-corrected chi connectivity index (χ0v) is 15.5. The van der Waals surface area contributed by atoms with Crippen LogP contribution in [0.2, 0.25) is 0 Å². The van der Waals surface area contributed by atoms with E-state index in [1.807, 2.05) is 17.5 Å². The van der Waals surface area contributed by atoms with E-state index in [0.29, 0.717) is 5.70 Å². The number of hydrogen-bond acceptors (Lipinski definition) is 5. The van der Waals surface area contributed by atoms with Gasteiger partial charge in [0, 0.05) is 12.1 Å². The number of carbonyl (C=O) groups is 1. The summed E-state index contributed by atoms with van der Waals surface area (Å²) in [5.41, 5.74) is 10.1. The number of carbonyl (C=O) groups excluding carboxylic acids is 1. The lowest BCUT2D eigenvalue weighted by Gasteiger charge is -2.37. The van der Waals surface area contributed by atoms with Crippen molar-refractivity contribution >= 4 is 22.9 Å². The fourth-order valence-corrected chi connectivity index (χ4v) is 3.69. The molecule has 0 aliphatic carbocycles. The number of hydroxylamine groups is 1. The maximum absolute atomic E-state index is 11.9. The molecule has 0 unspecified atom stereocenters. The number of quaternary nitrogens is 1. The van der Waals surface area contributed by atoms with Crippen LogP contribution in [0.15, 0.2) is 35.9 Å². The van der Waals surface area contributed by atoms with Crippen LogP contribution in [-0.2, 0) is 9.63 Å². The molecule has 0 saturated heterocycles. The van der Waals surface area contributed by atoms with Crippen molar-refractivity contribution in [1.29, 1.82) is 0 Å². The molecule has 2 rings (SSSR count). The molecule has 1 amide bonds. The molecule has 1 aromatic heterocycles. The van der Waals surface area contributed by atoms with Gasteiger partial charge in [0.2, 0.25) is 0 Å². The van der Waals surface area contributed by atoms with Crippen molar-refractivity contribution in [2.45, 2.75) is 45.2 Å². The predicted molar refractivity (Wildman–Crippen MR) is 96.5 cm³/mol. The monoisotopic (exact) mass is 351 g/mol. The minimum atomic E-state index is -0.257. The van der Waals surface area contributed by atoms with Crippen molar-refractivity contribution in [1.82, 2.24) is 16.3 Å². The van der Waals surface area contributed by atoms with Crippen LogP contribution in [0.1, 0.15) is 39.0 Å². The van der Waals surface area contributed by atoms with Gasteiger partial charge < -0.3 is 10.7 Å². The summed E-state index contributed by atoms with van der Waals surface area (Å²) in [5, 5.41) is 4.29. The number of rotatable bonds is 7. The van der Waals surface area contributed by atoms with Crippen molar-refractivity contribution in [3.8, 4) is 0 Å². The van der Waals surface area contributed by atoms with E-state index < -0.39 is 0 Å². The smallest absolute Gasteiger partial charge is 0.267 e. The van der Waals surface area contributed by atoms with Crippen molar-refractivity contribution in [3.05, 3.63) is 40.7 Å². The van der Waals surface area contributed by atoms with E-state index in [-0.39, 0.29) is 23.6 Å². The first-order valence-electron chi connectivity index (χ1n) is 7.91. The topological polar surface area (TPSA) is 79.0 Å². The molecular weight excluding hydrogens is 324 g/mol. The third kappa shape index (κ3) is 5.67. The molecule has 0 atom stereocenters. The second kappa shape index (κ2) is 7.38. The lowest BCUT2D eigenvalue weighted by atomic mass is 9.86. The quantitative estimate of drug-likeness (QED) is 0.558. The number of hydrazine groups is 1. The van der Waals surface area contributed by atoms with Crippen LogP contribution in [0.5, 0.6) is 0 Å². The number of amides is 1. The van der Waals surface area contributed by atoms with Crippen LogP contribution in [0.3, 0.4) is 0 Å². The Hall–Kier alpha value is -1.83. The molecule has 0 radical (unpaired) electrons. The SMILES string of the molecule is C=C(NOCC(=O)NNC1=CC(C)(C)[NH2+]C(C)(C)C1)c1cccs1. The van der Waals surface area contributed by atoms with Gasteiger partial charge in [0.15, 0.2) is 6.61 Å². The first kappa shape index (κ1) is 18.5. The molecular formula is C17H27N4O2S+. The molecule has 1 aliphatic heterocycles. The zero-order valence-electron chi connectivity index (χ0n) is 14.7. The number of nitrogens with two attached hydrogens (primary N) is 1. The molecule has 0 aromatic carbocycles. The fourth-order valence-electron chi connectivity index (χ4n) is 3.05. The summed E-state index contributed by atoms with van der Waals surface area (Å²) in [7, 11) is 0. The average molecular weight is 351 g/mol. The zero-order chi connectivity index (χ0) is 17.8. The van der Waals surface area contributed by atoms with E-state index in [0.717, 1.165) is 17.0 Å². The van der Waals surface area contributed by atoms with Gasteiger partial charge in [-0.05, 0) is 45.2 Å². The minimum Gasteiger partial charge on any atom is -0.334 e. The molecule has 1 aliphatic rings. The van der Waals surface area contributed by atoms with Gasteiger partial charge in [-0.1, -0.05) is 12.6 Å². The molecule has 132 valence electrons. The molecule has 5 N–H and O–H groups in total. The number of thiophene rings is 1. The Morgan fingerprint density at radius 3 is 2.79 bits per heavy atom. The Kier molecular flexibility index (Phi) is 5.69. The lowest BCUT2D eigenvalue weighted by Crippen LogP contribution is -3.04. The Balaban J connectivity index is 1.73. The average Bonchev–Trinajstić information content (AvgIpc) is 2.96. The van der Waals surface area contributed by atoms with Crippen LogP contribution in [0, 0.1) is 0 Å². The van der Waals surface area contributed by atoms with Gasteiger partial charge in [-0.3, -0.25) is 20.5 Å². The first-order chi connectivity index (χ1) is 11.2. The van der Waals surface area contributed by atoms with Gasteiger partial charge in [0.05, 0.1) is 16.1 Å². The van der Waals surface area contributed by atoms with Crippen molar-refractivity contribution < 1.29 is 14.9 Å². The molecule has 24 heavy (non-hydrogen) atoms. The van der Waals surface area contributed by atoms with Crippen LogP contribution in [-0.4, -0.2) is 23.6 Å². The number of hydrogen-bond donors (Lipinski definition) is 4. The molecule has 0 spiro atoms. The van der Waals surface area contributed by atoms with Crippen LogP contribution in [0.25, 0.3) is 5.70 Å². The van der Waals surface area contributed by atoms with E-state index in [2.05, 4.69) is 62.0 Å². The normalized spacial score (nSPS) is 18.4. The van der Waals surface area contributed by atoms with E-state index in [1.54, 1.807) is 11.3 Å². The maximum atomic E-state index is 11.9. The standard InChI is InChI=1S/C17H26N4O2S/c1-12(14-7-6-8-24-14)20-23-11-15(22)19-18-13-9-16(2,3)21-17(4,5)10-13/h6-9,18,20-21H,1,10-11H2,2-5H3,(H,19,22)/p+1. The summed E-state index contributed by atoms with van der Waals surface area (Å²) >= 11 is 1.55. The van der Waals surface area contributed by atoms with Gasteiger partial charge in [-0.2, -0.15) is 0 Å². The molecule has 7 heteroatoms. The molecule has 0 saturated carbocycles. The summed E-state index contributed by atoms with van der Waals surface area (Å²) in [6, 6.07) is 3.86. The van der Waals surface area contributed by atoms with Gasteiger partial charge in [0.25, 0.3) is 5.91 Å². The highest BCUT2D eigenvalue weighted by Gasteiger charge is 2.36. The molecule has 1 aromatic rings. The third-order valence-corrected chi connectivity index (χ3v) is 4.46. The van der Waals surface area contributed by atoms with Crippen molar-refractivity contribution in [2.75, 3.05) is 6.61 Å². The second-order valence-corrected chi connectivity index (χ2v) is 8.27. The van der Waals surface area contributed by atoms with Crippen molar-refractivity contribution in [3.63, 3.8) is 0 Å². The summed E-state index contributed by atoms with van der Waals surface area (Å²) in [6.45, 7) is 12.4. The van der Waals surface area contributed by atoms with Crippen molar-refractivity contribution in [2.24, 2.45) is 0 Å². The predicted octanol–water partition coefficient (Wildman–Crippen LogP) is 1.27. The van der Waals surface area contributed by atoms with E-state index in [9.17, 15) is 4.79 Å². The summed E-state index contributed by atoms with van der Waals surface area (Å²) in [5.74, 6) is -0.257. The molecule has 6 nitrogen and oxygen atoms in total. The molecule has 0 fully saturated rings.